The largest absolute Gasteiger partial charge is 0.387 e. The minimum absolute atomic E-state index is 0.293. The monoisotopic (exact) mass is 238 g/mol. The third-order valence-corrected chi connectivity index (χ3v) is 3.19. The highest BCUT2D eigenvalue weighted by Gasteiger charge is 2.19. The highest BCUT2D eigenvalue weighted by Crippen LogP contribution is 2.29. The van der Waals surface area contributed by atoms with Crippen molar-refractivity contribution in [1.82, 2.24) is 5.32 Å². The fourth-order valence-corrected chi connectivity index (χ4v) is 2.34. The number of benzene rings is 1. The summed E-state index contributed by atoms with van der Waals surface area (Å²) >= 11 is 0. The van der Waals surface area contributed by atoms with Crippen molar-refractivity contribution in [3.8, 4) is 0 Å². The van der Waals surface area contributed by atoms with Crippen LogP contribution in [0, 0.1) is 5.82 Å². The summed E-state index contributed by atoms with van der Waals surface area (Å²) in [6.07, 6.45) is 1.67. The SMILES string of the molecule is CNCC(O)c1cc(F)ccc1N1CCCC1. The maximum Gasteiger partial charge on any atom is 0.123 e. The molecule has 0 saturated carbocycles. The maximum atomic E-state index is 13.3. The first-order chi connectivity index (χ1) is 8.22. The van der Waals surface area contributed by atoms with E-state index in [1.807, 2.05) is 0 Å². The lowest BCUT2D eigenvalue weighted by Crippen LogP contribution is -2.23. The molecule has 0 amide bonds. The molecule has 1 aliphatic heterocycles. The van der Waals surface area contributed by atoms with Gasteiger partial charge < -0.3 is 15.3 Å². The Labute approximate surface area is 101 Å². The van der Waals surface area contributed by atoms with Crippen LogP contribution in [0.1, 0.15) is 24.5 Å². The van der Waals surface area contributed by atoms with Crippen LogP contribution in [-0.4, -0.2) is 31.8 Å². The van der Waals surface area contributed by atoms with Crippen LogP contribution in [0.2, 0.25) is 0 Å². The molecule has 17 heavy (non-hydrogen) atoms. The third kappa shape index (κ3) is 2.76. The zero-order valence-corrected chi connectivity index (χ0v) is 10.1. The van der Waals surface area contributed by atoms with Crippen molar-refractivity contribution in [2.45, 2.75) is 18.9 Å². The van der Waals surface area contributed by atoms with Gasteiger partial charge in [0.1, 0.15) is 5.82 Å². The van der Waals surface area contributed by atoms with Crippen molar-refractivity contribution in [2.75, 3.05) is 31.6 Å². The first-order valence-corrected chi connectivity index (χ1v) is 6.09. The minimum atomic E-state index is -0.661. The zero-order valence-electron chi connectivity index (χ0n) is 10.1. The first-order valence-electron chi connectivity index (χ1n) is 6.09. The van der Waals surface area contributed by atoms with Crippen LogP contribution < -0.4 is 10.2 Å². The Morgan fingerprint density at radius 2 is 2.12 bits per heavy atom. The van der Waals surface area contributed by atoms with E-state index in [0.717, 1.165) is 18.8 Å². The van der Waals surface area contributed by atoms with E-state index in [2.05, 4.69) is 10.2 Å². The van der Waals surface area contributed by atoms with E-state index in [-0.39, 0.29) is 5.82 Å². The molecule has 0 bridgehead atoms. The summed E-state index contributed by atoms with van der Waals surface area (Å²) in [7, 11) is 1.78. The summed E-state index contributed by atoms with van der Waals surface area (Å²) in [6.45, 7) is 2.42. The number of aliphatic hydroxyl groups excluding tert-OH is 1. The molecule has 1 fully saturated rings. The van der Waals surface area contributed by atoms with Crippen molar-refractivity contribution < 1.29 is 9.50 Å². The topological polar surface area (TPSA) is 35.5 Å². The Morgan fingerprint density at radius 1 is 1.41 bits per heavy atom. The molecule has 1 atom stereocenters. The van der Waals surface area contributed by atoms with E-state index in [1.165, 1.54) is 25.0 Å². The average Bonchev–Trinajstić information content (AvgIpc) is 2.82. The number of rotatable bonds is 4. The number of anilines is 1. The number of likely N-dealkylation sites (N-methyl/N-ethyl adjacent to an activating group) is 1. The summed E-state index contributed by atoms with van der Waals surface area (Å²) < 4.78 is 13.3. The van der Waals surface area contributed by atoms with Crippen molar-refractivity contribution in [1.29, 1.82) is 0 Å². The summed E-state index contributed by atoms with van der Waals surface area (Å²) in [4.78, 5) is 2.22. The van der Waals surface area contributed by atoms with Crippen molar-refractivity contribution in [2.24, 2.45) is 0 Å². The van der Waals surface area contributed by atoms with Crippen LogP contribution in [0.3, 0.4) is 0 Å². The molecule has 0 spiro atoms. The highest BCUT2D eigenvalue weighted by molar-refractivity contribution is 5.55. The van der Waals surface area contributed by atoms with Gasteiger partial charge in [-0.15, -0.1) is 0 Å². The molecule has 2 rings (SSSR count). The van der Waals surface area contributed by atoms with Crippen molar-refractivity contribution >= 4 is 5.69 Å². The Hall–Kier alpha value is -1.13. The second-order valence-electron chi connectivity index (χ2n) is 4.47. The Balaban J connectivity index is 2.29. The van der Waals surface area contributed by atoms with Crippen LogP contribution >= 0.6 is 0 Å². The van der Waals surface area contributed by atoms with E-state index in [0.29, 0.717) is 12.1 Å². The van der Waals surface area contributed by atoms with Gasteiger partial charge in [-0.3, -0.25) is 0 Å². The summed E-state index contributed by atoms with van der Waals surface area (Å²) in [5.74, 6) is -0.293. The van der Waals surface area contributed by atoms with Crippen LogP contribution in [0.4, 0.5) is 10.1 Å². The predicted molar refractivity (Wildman–Crippen MR) is 66.7 cm³/mol. The van der Waals surface area contributed by atoms with Crippen molar-refractivity contribution in [3.05, 3.63) is 29.6 Å². The van der Waals surface area contributed by atoms with Gasteiger partial charge in [0.05, 0.1) is 6.10 Å². The van der Waals surface area contributed by atoms with E-state index in [4.69, 9.17) is 0 Å². The number of aliphatic hydroxyl groups is 1. The number of nitrogens with zero attached hydrogens (tertiary/aromatic N) is 1. The third-order valence-electron chi connectivity index (χ3n) is 3.19. The first kappa shape index (κ1) is 12.3. The quantitative estimate of drug-likeness (QED) is 0.837. The molecule has 1 aliphatic rings. The summed E-state index contributed by atoms with van der Waals surface area (Å²) in [6, 6.07) is 4.67. The van der Waals surface area contributed by atoms with Gasteiger partial charge >= 0.3 is 0 Å². The molecule has 2 N–H and O–H groups in total. The maximum absolute atomic E-state index is 13.3. The Morgan fingerprint density at radius 3 is 2.76 bits per heavy atom. The molecule has 94 valence electrons. The number of halogens is 1. The molecule has 0 radical (unpaired) electrons. The molecular formula is C13H19FN2O. The van der Waals surface area contributed by atoms with Crippen LogP contribution in [0.5, 0.6) is 0 Å². The van der Waals surface area contributed by atoms with Gasteiger partial charge in [0.15, 0.2) is 0 Å². The van der Waals surface area contributed by atoms with Gasteiger partial charge in [0.25, 0.3) is 0 Å². The van der Waals surface area contributed by atoms with E-state index < -0.39 is 6.10 Å². The van der Waals surface area contributed by atoms with E-state index in [9.17, 15) is 9.50 Å². The van der Waals surface area contributed by atoms with Crippen LogP contribution in [-0.2, 0) is 0 Å². The van der Waals surface area contributed by atoms with E-state index in [1.54, 1.807) is 13.1 Å². The lowest BCUT2D eigenvalue weighted by Gasteiger charge is -2.23. The molecular weight excluding hydrogens is 219 g/mol. The fraction of sp³-hybridized carbons (Fsp3) is 0.538. The molecule has 3 nitrogen and oxygen atoms in total. The second-order valence-corrected chi connectivity index (χ2v) is 4.47. The minimum Gasteiger partial charge on any atom is -0.387 e. The molecule has 1 aromatic rings. The van der Waals surface area contributed by atoms with Crippen molar-refractivity contribution in [3.63, 3.8) is 0 Å². The van der Waals surface area contributed by atoms with Gasteiger partial charge in [-0.25, -0.2) is 4.39 Å². The van der Waals surface area contributed by atoms with Gasteiger partial charge in [-0.1, -0.05) is 0 Å². The predicted octanol–water partition coefficient (Wildman–Crippen LogP) is 1.68. The average molecular weight is 238 g/mol. The molecule has 1 aromatic carbocycles. The number of hydrogen-bond donors (Lipinski definition) is 2. The second kappa shape index (κ2) is 5.47. The lowest BCUT2D eigenvalue weighted by molar-refractivity contribution is 0.177. The molecule has 0 aromatic heterocycles. The van der Waals surface area contributed by atoms with Gasteiger partial charge in [-0.05, 0) is 38.1 Å². The highest BCUT2D eigenvalue weighted by atomic mass is 19.1. The molecule has 1 unspecified atom stereocenters. The summed E-state index contributed by atoms with van der Waals surface area (Å²) in [5.41, 5.74) is 1.65. The standard InChI is InChI=1S/C13H19FN2O/c1-15-9-13(17)11-8-10(14)4-5-12(11)16-6-2-3-7-16/h4-5,8,13,15,17H,2-3,6-7,9H2,1H3. The number of nitrogens with one attached hydrogen (secondary N) is 1. The zero-order chi connectivity index (χ0) is 12.3. The molecule has 4 heteroatoms. The van der Waals surface area contributed by atoms with Gasteiger partial charge in [0, 0.05) is 30.9 Å². The molecule has 1 saturated heterocycles. The van der Waals surface area contributed by atoms with Gasteiger partial charge in [-0.2, -0.15) is 0 Å². The van der Waals surface area contributed by atoms with E-state index >= 15 is 0 Å². The lowest BCUT2D eigenvalue weighted by atomic mass is 10.1. The fourth-order valence-electron chi connectivity index (χ4n) is 2.34. The van der Waals surface area contributed by atoms with Crippen LogP contribution in [0.15, 0.2) is 18.2 Å². The van der Waals surface area contributed by atoms with Gasteiger partial charge in [0.2, 0.25) is 0 Å². The van der Waals surface area contributed by atoms with Crippen LogP contribution in [0.25, 0.3) is 0 Å². The molecule has 0 aliphatic carbocycles. The smallest absolute Gasteiger partial charge is 0.123 e. The Kier molecular flexibility index (Phi) is 3.97. The normalized spacial score (nSPS) is 17.5. The Bertz CT molecular complexity index is 378. The molecule has 1 heterocycles. The number of hydrogen-bond acceptors (Lipinski definition) is 3. The summed E-state index contributed by atoms with van der Waals surface area (Å²) in [5, 5.41) is 12.9.